The lowest BCUT2D eigenvalue weighted by Gasteiger charge is -2.25. The van der Waals surface area contributed by atoms with E-state index in [2.05, 4.69) is 0 Å². The fourth-order valence-corrected chi connectivity index (χ4v) is 2.40. The Hall–Kier alpha value is -0.275. The van der Waals surface area contributed by atoms with Gasteiger partial charge in [0.05, 0.1) is 6.10 Å². The van der Waals surface area contributed by atoms with E-state index < -0.39 is 0 Å². The summed E-state index contributed by atoms with van der Waals surface area (Å²) in [5, 5.41) is 18.8. The quantitative estimate of drug-likeness (QED) is 0.384. The molecule has 11 heavy (non-hydrogen) atoms. The lowest BCUT2D eigenvalue weighted by atomic mass is 9.77. The Balaban J connectivity index is 2.15. The molecule has 0 heterocycles. The highest BCUT2D eigenvalue weighted by Crippen LogP contribution is 2.45. The van der Waals surface area contributed by atoms with E-state index in [0.717, 1.165) is 12.8 Å². The van der Waals surface area contributed by atoms with Crippen LogP contribution in [0.25, 0.3) is 0 Å². The molecular formula is C8H13BO2. The largest absolute Gasteiger partial charge is 0.402 e. The first kappa shape index (κ1) is 7.38. The lowest BCUT2D eigenvalue weighted by Crippen LogP contribution is -2.31. The molecule has 2 nitrogen and oxygen atoms in total. The summed E-state index contributed by atoms with van der Waals surface area (Å²) in [6.07, 6.45) is 3.68. The molecule has 0 saturated heterocycles. The minimum Gasteiger partial charge on any atom is -0.402 e. The van der Waals surface area contributed by atoms with Crippen LogP contribution in [0.4, 0.5) is 0 Å². The summed E-state index contributed by atoms with van der Waals surface area (Å²) in [4.78, 5) is 0. The molecule has 2 aliphatic rings. The number of hydrogen-bond donors (Lipinski definition) is 2. The third-order valence-corrected chi connectivity index (χ3v) is 3.01. The van der Waals surface area contributed by atoms with Crippen LogP contribution in [0.1, 0.15) is 12.8 Å². The van der Waals surface area contributed by atoms with Crippen LogP contribution in [0.5, 0.6) is 0 Å². The monoisotopic (exact) mass is 152 g/mol. The molecule has 0 aromatic carbocycles. The molecule has 2 bridgehead atoms. The van der Waals surface area contributed by atoms with E-state index in [4.69, 9.17) is 0 Å². The fourth-order valence-electron chi connectivity index (χ4n) is 2.40. The van der Waals surface area contributed by atoms with Crippen molar-refractivity contribution in [3.05, 3.63) is 11.6 Å². The van der Waals surface area contributed by atoms with Gasteiger partial charge in [-0.15, -0.1) is 0 Å². The molecule has 0 radical (unpaired) electrons. The van der Waals surface area contributed by atoms with Crippen molar-refractivity contribution in [3.8, 4) is 0 Å². The van der Waals surface area contributed by atoms with Crippen LogP contribution < -0.4 is 0 Å². The third-order valence-electron chi connectivity index (χ3n) is 3.01. The van der Waals surface area contributed by atoms with E-state index in [1.54, 1.807) is 0 Å². The number of aliphatic hydroxyl groups excluding tert-OH is 2. The summed E-state index contributed by atoms with van der Waals surface area (Å²) in [5.41, 5.74) is 1.34. The number of rotatable bonds is 1. The molecule has 60 valence electrons. The Labute approximate surface area is 67.3 Å². The van der Waals surface area contributed by atoms with Gasteiger partial charge in [0.1, 0.15) is 7.85 Å². The average molecular weight is 152 g/mol. The van der Waals surface area contributed by atoms with E-state index >= 15 is 0 Å². The van der Waals surface area contributed by atoms with E-state index in [1.807, 2.05) is 13.9 Å². The van der Waals surface area contributed by atoms with Crippen molar-refractivity contribution in [2.24, 2.45) is 11.8 Å². The van der Waals surface area contributed by atoms with Gasteiger partial charge in [-0.2, -0.15) is 0 Å². The minimum atomic E-state index is -0.279. The zero-order chi connectivity index (χ0) is 8.01. The highest BCUT2D eigenvalue weighted by atomic mass is 16.3. The van der Waals surface area contributed by atoms with Crippen molar-refractivity contribution >= 4 is 7.85 Å². The van der Waals surface area contributed by atoms with Gasteiger partial charge < -0.3 is 10.2 Å². The van der Waals surface area contributed by atoms with Crippen molar-refractivity contribution in [1.29, 1.82) is 0 Å². The Morgan fingerprint density at radius 1 is 1.55 bits per heavy atom. The molecule has 2 rings (SSSR count). The molecule has 0 aromatic heterocycles. The summed E-state index contributed by atoms with van der Waals surface area (Å²) in [5.74, 6) is 0.620. The Bertz CT molecular complexity index is 200. The van der Waals surface area contributed by atoms with E-state index in [0.29, 0.717) is 11.8 Å². The smallest absolute Gasteiger partial charge is 0.139 e. The first-order valence-electron chi connectivity index (χ1n) is 4.24. The Morgan fingerprint density at radius 2 is 2.27 bits per heavy atom. The molecule has 0 amide bonds. The molecule has 4 atom stereocenters. The molecule has 1 saturated carbocycles. The highest BCUT2D eigenvalue weighted by Gasteiger charge is 2.41. The minimum absolute atomic E-state index is 0.263. The molecular weight excluding hydrogens is 139 g/mol. The third kappa shape index (κ3) is 1.03. The zero-order valence-corrected chi connectivity index (χ0v) is 6.70. The first-order chi connectivity index (χ1) is 5.18. The van der Waals surface area contributed by atoms with Crippen molar-refractivity contribution in [3.63, 3.8) is 0 Å². The van der Waals surface area contributed by atoms with E-state index in [9.17, 15) is 10.2 Å². The highest BCUT2D eigenvalue weighted by molar-refractivity contribution is 6.11. The molecule has 1 fully saturated rings. The summed E-state index contributed by atoms with van der Waals surface area (Å²) in [6.45, 7) is 0. The SMILES string of the molecule is B[C@H](O)C1CC2=CC(O)C1C2. The van der Waals surface area contributed by atoms with Gasteiger partial charge >= 0.3 is 0 Å². The van der Waals surface area contributed by atoms with Crippen LogP contribution in [0.3, 0.4) is 0 Å². The molecule has 2 aliphatic carbocycles. The van der Waals surface area contributed by atoms with E-state index in [1.165, 1.54) is 5.57 Å². The molecule has 0 spiro atoms. The maximum absolute atomic E-state index is 9.45. The predicted octanol–water partition coefficient (Wildman–Crippen LogP) is -0.735. The normalized spacial score (nSPS) is 44.2. The zero-order valence-electron chi connectivity index (χ0n) is 6.70. The summed E-state index contributed by atoms with van der Waals surface area (Å²) >= 11 is 0. The lowest BCUT2D eigenvalue weighted by molar-refractivity contribution is 0.0799. The average Bonchev–Trinajstić information content (AvgIpc) is 2.43. The second-order valence-corrected chi connectivity index (χ2v) is 3.79. The van der Waals surface area contributed by atoms with Gasteiger partial charge in [-0.3, -0.25) is 0 Å². The summed E-state index contributed by atoms with van der Waals surface area (Å²) < 4.78 is 0. The molecule has 3 unspecified atom stereocenters. The second-order valence-electron chi connectivity index (χ2n) is 3.79. The van der Waals surface area contributed by atoms with Gasteiger partial charge in [0, 0.05) is 6.00 Å². The van der Waals surface area contributed by atoms with Gasteiger partial charge in [0.15, 0.2) is 0 Å². The van der Waals surface area contributed by atoms with Crippen molar-refractivity contribution < 1.29 is 10.2 Å². The topological polar surface area (TPSA) is 40.5 Å². The van der Waals surface area contributed by atoms with Gasteiger partial charge in [0.2, 0.25) is 0 Å². The van der Waals surface area contributed by atoms with Crippen molar-refractivity contribution in [1.82, 2.24) is 0 Å². The van der Waals surface area contributed by atoms with Gasteiger partial charge in [0.25, 0.3) is 0 Å². The summed E-state index contributed by atoms with van der Waals surface area (Å²) in [6, 6.07) is -0.263. The number of fused-ring (bicyclic) bond motifs is 2. The molecule has 3 heteroatoms. The molecule has 0 aliphatic heterocycles. The Morgan fingerprint density at radius 3 is 2.64 bits per heavy atom. The van der Waals surface area contributed by atoms with Crippen molar-refractivity contribution in [2.75, 3.05) is 0 Å². The van der Waals surface area contributed by atoms with Gasteiger partial charge in [-0.05, 0) is 24.7 Å². The van der Waals surface area contributed by atoms with Crippen LogP contribution in [-0.2, 0) is 0 Å². The summed E-state index contributed by atoms with van der Waals surface area (Å²) in [7, 11) is 1.82. The van der Waals surface area contributed by atoms with Crippen LogP contribution in [0.15, 0.2) is 11.6 Å². The number of allylic oxidation sites excluding steroid dienone is 1. The Kier molecular flexibility index (Phi) is 1.58. The van der Waals surface area contributed by atoms with Gasteiger partial charge in [-0.25, -0.2) is 0 Å². The van der Waals surface area contributed by atoms with Crippen LogP contribution in [0.2, 0.25) is 0 Å². The molecule has 0 aromatic rings. The fraction of sp³-hybridized carbons (Fsp3) is 0.750. The molecule has 2 N–H and O–H groups in total. The van der Waals surface area contributed by atoms with Crippen LogP contribution in [0, 0.1) is 11.8 Å². The van der Waals surface area contributed by atoms with Crippen LogP contribution >= 0.6 is 0 Å². The van der Waals surface area contributed by atoms with Crippen molar-refractivity contribution in [2.45, 2.75) is 24.9 Å². The van der Waals surface area contributed by atoms with Gasteiger partial charge in [-0.1, -0.05) is 11.6 Å². The second kappa shape index (κ2) is 2.36. The first-order valence-corrected chi connectivity index (χ1v) is 4.24. The maximum Gasteiger partial charge on any atom is 0.139 e. The number of aliphatic hydroxyl groups is 2. The predicted molar refractivity (Wildman–Crippen MR) is 44.9 cm³/mol. The van der Waals surface area contributed by atoms with Crippen LogP contribution in [-0.4, -0.2) is 30.2 Å². The van der Waals surface area contributed by atoms with E-state index in [-0.39, 0.29) is 12.1 Å². The maximum atomic E-state index is 9.45. The standard InChI is InChI=1S/C8H13BO2/c9-8(11)6-2-4-1-5(6)7(10)3-4/h3,5-8,10-11H,1-2,9H2/t5?,6?,7?,8-/m1/s1. The number of hydrogen-bond acceptors (Lipinski definition) is 2.